The molecular formula is C12H11Cl2NO. The maximum atomic E-state index is 6.13. The van der Waals surface area contributed by atoms with E-state index in [1.807, 2.05) is 6.07 Å². The van der Waals surface area contributed by atoms with Crippen molar-refractivity contribution in [1.82, 2.24) is 5.16 Å². The molecule has 16 heavy (non-hydrogen) atoms. The molecule has 0 radical (unpaired) electrons. The zero-order valence-corrected chi connectivity index (χ0v) is 10.3. The van der Waals surface area contributed by atoms with Crippen molar-refractivity contribution in [3.63, 3.8) is 0 Å². The Hall–Kier alpha value is -0.990. The number of hydrogen-bond donors (Lipinski definition) is 0. The highest BCUT2D eigenvalue weighted by Gasteiger charge is 2.15. The molecule has 4 heteroatoms. The van der Waals surface area contributed by atoms with Crippen LogP contribution in [0.15, 0.2) is 29.0 Å². The van der Waals surface area contributed by atoms with Gasteiger partial charge in [0, 0.05) is 11.1 Å². The fourth-order valence-corrected chi connectivity index (χ4v) is 2.21. The summed E-state index contributed by atoms with van der Waals surface area (Å²) in [5.74, 6) is 0. The second-order valence-corrected chi connectivity index (χ2v) is 4.35. The SMILES string of the molecule is CCCc1conc1-c1c(Cl)cccc1Cl. The van der Waals surface area contributed by atoms with Gasteiger partial charge >= 0.3 is 0 Å². The summed E-state index contributed by atoms with van der Waals surface area (Å²) >= 11 is 12.3. The van der Waals surface area contributed by atoms with Crippen LogP contribution in [0, 0.1) is 0 Å². The van der Waals surface area contributed by atoms with Gasteiger partial charge in [-0.05, 0) is 18.6 Å². The third kappa shape index (κ3) is 2.08. The van der Waals surface area contributed by atoms with E-state index in [0.717, 1.165) is 29.7 Å². The summed E-state index contributed by atoms with van der Waals surface area (Å²) in [5.41, 5.74) is 2.54. The Balaban J connectivity index is 2.54. The number of rotatable bonds is 3. The first-order valence-corrected chi connectivity index (χ1v) is 5.87. The summed E-state index contributed by atoms with van der Waals surface area (Å²) in [6.07, 6.45) is 3.58. The first-order chi connectivity index (χ1) is 7.74. The van der Waals surface area contributed by atoms with Gasteiger partial charge in [-0.25, -0.2) is 0 Å². The number of aromatic nitrogens is 1. The van der Waals surface area contributed by atoms with Crippen molar-refractivity contribution in [1.29, 1.82) is 0 Å². The first kappa shape index (κ1) is 11.5. The summed E-state index contributed by atoms with van der Waals surface area (Å²) < 4.78 is 5.00. The molecule has 1 aromatic heterocycles. The Bertz CT molecular complexity index is 473. The molecule has 0 aliphatic rings. The molecule has 0 aliphatic carbocycles. The summed E-state index contributed by atoms with van der Waals surface area (Å²) in [4.78, 5) is 0. The maximum Gasteiger partial charge on any atom is 0.127 e. The molecule has 0 atom stereocenters. The van der Waals surface area contributed by atoms with Crippen molar-refractivity contribution < 1.29 is 4.52 Å². The number of benzene rings is 1. The van der Waals surface area contributed by atoms with Crippen LogP contribution < -0.4 is 0 Å². The third-order valence-electron chi connectivity index (χ3n) is 2.36. The van der Waals surface area contributed by atoms with Crippen molar-refractivity contribution in [3.05, 3.63) is 40.1 Å². The lowest BCUT2D eigenvalue weighted by Gasteiger charge is -2.04. The monoisotopic (exact) mass is 255 g/mol. The summed E-state index contributed by atoms with van der Waals surface area (Å²) in [7, 11) is 0. The van der Waals surface area contributed by atoms with Gasteiger partial charge in [0.25, 0.3) is 0 Å². The molecule has 1 heterocycles. The number of nitrogens with zero attached hydrogens (tertiary/aromatic N) is 1. The molecule has 0 spiro atoms. The van der Waals surface area contributed by atoms with Gasteiger partial charge in [-0.2, -0.15) is 0 Å². The highest BCUT2D eigenvalue weighted by molar-refractivity contribution is 6.39. The largest absolute Gasteiger partial charge is 0.364 e. The van der Waals surface area contributed by atoms with Gasteiger partial charge < -0.3 is 4.52 Å². The van der Waals surface area contributed by atoms with Crippen LogP contribution in [-0.2, 0) is 6.42 Å². The van der Waals surface area contributed by atoms with E-state index in [1.165, 1.54) is 0 Å². The van der Waals surface area contributed by atoms with E-state index in [1.54, 1.807) is 18.4 Å². The molecule has 2 aromatic rings. The fourth-order valence-electron chi connectivity index (χ4n) is 1.63. The molecule has 0 unspecified atom stereocenters. The Morgan fingerprint density at radius 2 is 1.94 bits per heavy atom. The fraction of sp³-hybridized carbons (Fsp3) is 0.250. The molecule has 0 bridgehead atoms. The average molecular weight is 256 g/mol. The van der Waals surface area contributed by atoms with Crippen LogP contribution in [0.25, 0.3) is 11.3 Å². The molecular weight excluding hydrogens is 245 g/mol. The van der Waals surface area contributed by atoms with Gasteiger partial charge in [0.15, 0.2) is 0 Å². The van der Waals surface area contributed by atoms with E-state index < -0.39 is 0 Å². The van der Waals surface area contributed by atoms with E-state index in [-0.39, 0.29) is 0 Å². The van der Waals surface area contributed by atoms with Crippen molar-refractivity contribution in [2.75, 3.05) is 0 Å². The van der Waals surface area contributed by atoms with Crippen LogP contribution in [0.4, 0.5) is 0 Å². The third-order valence-corrected chi connectivity index (χ3v) is 2.99. The highest BCUT2D eigenvalue weighted by Crippen LogP contribution is 2.35. The Kier molecular flexibility index (Phi) is 3.52. The van der Waals surface area contributed by atoms with Crippen molar-refractivity contribution in [3.8, 4) is 11.3 Å². The Morgan fingerprint density at radius 1 is 1.25 bits per heavy atom. The molecule has 84 valence electrons. The van der Waals surface area contributed by atoms with E-state index in [2.05, 4.69) is 12.1 Å². The lowest BCUT2D eigenvalue weighted by molar-refractivity contribution is 0.421. The second-order valence-electron chi connectivity index (χ2n) is 3.54. The van der Waals surface area contributed by atoms with Gasteiger partial charge in [-0.1, -0.05) is 47.8 Å². The van der Waals surface area contributed by atoms with Gasteiger partial charge in [-0.3, -0.25) is 0 Å². The summed E-state index contributed by atoms with van der Waals surface area (Å²) in [6, 6.07) is 5.41. The standard InChI is InChI=1S/C12H11Cl2NO/c1-2-4-8-7-16-15-12(8)11-9(13)5-3-6-10(11)14/h3,5-7H,2,4H2,1H3. The molecule has 0 saturated heterocycles. The summed E-state index contributed by atoms with van der Waals surface area (Å²) in [6.45, 7) is 2.10. The number of hydrogen-bond acceptors (Lipinski definition) is 2. The quantitative estimate of drug-likeness (QED) is 0.801. The first-order valence-electron chi connectivity index (χ1n) is 5.11. The van der Waals surface area contributed by atoms with Gasteiger partial charge in [-0.15, -0.1) is 0 Å². The molecule has 2 nitrogen and oxygen atoms in total. The second kappa shape index (κ2) is 4.89. The van der Waals surface area contributed by atoms with Crippen molar-refractivity contribution >= 4 is 23.2 Å². The van der Waals surface area contributed by atoms with Gasteiger partial charge in [0.1, 0.15) is 12.0 Å². The lowest BCUT2D eigenvalue weighted by atomic mass is 10.1. The van der Waals surface area contributed by atoms with Gasteiger partial charge in [0.2, 0.25) is 0 Å². The van der Waals surface area contributed by atoms with Crippen LogP contribution in [0.1, 0.15) is 18.9 Å². The minimum absolute atomic E-state index is 0.596. The molecule has 0 saturated carbocycles. The number of halogens is 2. The molecule has 0 N–H and O–H groups in total. The Labute approximate surface area is 104 Å². The van der Waals surface area contributed by atoms with Crippen LogP contribution in [0.3, 0.4) is 0 Å². The van der Waals surface area contributed by atoms with Crippen LogP contribution in [-0.4, -0.2) is 5.16 Å². The topological polar surface area (TPSA) is 26.0 Å². The average Bonchev–Trinajstić information content (AvgIpc) is 2.67. The molecule has 0 fully saturated rings. The van der Waals surface area contributed by atoms with Crippen LogP contribution in [0.5, 0.6) is 0 Å². The predicted molar refractivity (Wildman–Crippen MR) is 66.0 cm³/mol. The van der Waals surface area contributed by atoms with Crippen molar-refractivity contribution in [2.24, 2.45) is 0 Å². The smallest absolute Gasteiger partial charge is 0.127 e. The van der Waals surface area contributed by atoms with E-state index >= 15 is 0 Å². The molecule has 0 aliphatic heterocycles. The summed E-state index contributed by atoms with van der Waals surface area (Å²) in [5, 5.41) is 5.17. The molecule has 2 rings (SSSR count). The zero-order chi connectivity index (χ0) is 11.5. The lowest BCUT2D eigenvalue weighted by Crippen LogP contribution is -1.88. The molecule has 1 aromatic carbocycles. The van der Waals surface area contributed by atoms with Crippen LogP contribution >= 0.6 is 23.2 Å². The highest BCUT2D eigenvalue weighted by atomic mass is 35.5. The zero-order valence-electron chi connectivity index (χ0n) is 8.84. The normalized spacial score (nSPS) is 10.7. The van der Waals surface area contributed by atoms with Crippen molar-refractivity contribution in [2.45, 2.75) is 19.8 Å². The minimum Gasteiger partial charge on any atom is -0.364 e. The minimum atomic E-state index is 0.596. The maximum absolute atomic E-state index is 6.13. The van der Waals surface area contributed by atoms with E-state index in [0.29, 0.717) is 10.0 Å². The predicted octanol–water partition coefficient (Wildman–Crippen LogP) is 4.60. The van der Waals surface area contributed by atoms with Gasteiger partial charge in [0.05, 0.1) is 10.0 Å². The Morgan fingerprint density at radius 3 is 2.56 bits per heavy atom. The van der Waals surface area contributed by atoms with E-state index in [9.17, 15) is 0 Å². The van der Waals surface area contributed by atoms with E-state index in [4.69, 9.17) is 27.7 Å². The number of aryl methyl sites for hydroxylation is 1. The van der Waals surface area contributed by atoms with Crippen LogP contribution in [0.2, 0.25) is 10.0 Å². The molecule has 0 amide bonds.